The molecule has 1 fully saturated rings. The fourth-order valence-corrected chi connectivity index (χ4v) is 4.92. The summed E-state index contributed by atoms with van der Waals surface area (Å²) < 4.78 is 23.6. The van der Waals surface area contributed by atoms with Gasteiger partial charge in [-0.1, -0.05) is 0 Å². The highest BCUT2D eigenvalue weighted by molar-refractivity contribution is 7.91. The van der Waals surface area contributed by atoms with Gasteiger partial charge in [0.2, 0.25) is 0 Å². The number of anilines is 4. The topological polar surface area (TPSA) is 78.4 Å². The lowest BCUT2D eigenvalue weighted by molar-refractivity contribution is 0.599. The van der Waals surface area contributed by atoms with Crippen LogP contribution in [0.1, 0.15) is 13.3 Å². The minimum absolute atomic E-state index is 0.0212. The van der Waals surface area contributed by atoms with E-state index in [0.717, 1.165) is 17.2 Å². The summed E-state index contributed by atoms with van der Waals surface area (Å²) in [7, 11) is 1.07. The zero-order valence-corrected chi connectivity index (χ0v) is 16.2. The van der Waals surface area contributed by atoms with E-state index in [4.69, 9.17) is 0 Å². The van der Waals surface area contributed by atoms with Crippen LogP contribution in [0.5, 0.6) is 0 Å². The Labute approximate surface area is 155 Å². The second-order valence-electron chi connectivity index (χ2n) is 6.67. The molecule has 1 aliphatic heterocycles. The molecule has 0 aliphatic carbocycles. The van der Waals surface area contributed by atoms with E-state index in [1.54, 1.807) is 0 Å². The van der Waals surface area contributed by atoms with Crippen LogP contribution in [0.15, 0.2) is 36.7 Å². The van der Waals surface area contributed by atoms with Crippen LogP contribution in [0.4, 0.5) is 23.0 Å². The van der Waals surface area contributed by atoms with Gasteiger partial charge in [-0.2, -0.15) is 0 Å². The van der Waals surface area contributed by atoms with Crippen LogP contribution >= 0.6 is 0 Å². The van der Waals surface area contributed by atoms with Gasteiger partial charge in [0, 0.05) is 44.1 Å². The van der Waals surface area contributed by atoms with Gasteiger partial charge in [0.15, 0.2) is 9.84 Å². The highest BCUT2D eigenvalue weighted by Crippen LogP contribution is 2.25. The van der Waals surface area contributed by atoms with Gasteiger partial charge in [-0.05, 0) is 37.6 Å². The highest BCUT2D eigenvalue weighted by atomic mass is 32.2. The third-order valence-electron chi connectivity index (χ3n) is 4.59. The van der Waals surface area contributed by atoms with E-state index >= 15 is 0 Å². The molecule has 0 saturated carbocycles. The Morgan fingerprint density at radius 1 is 1.19 bits per heavy atom. The fourth-order valence-electron chi connectivity index (χ4n) is 3.19. The average molecular weight is 375 g/mol. The molecule has 0 radical (unpaired) electrons. The predicted molar refractivity (Wildman–Crippen MR) is 106 cm³/mol. The first kappa shape index (κ1) is 18.4. The molecular formula is C18H25N5O2S. The highest BCUT2D eigenvalue weighted by Gasteiger charge is 2.32. The van der Waals surface area contributed by atoms with Crippen molar-refractivity contribution in [3.05, 3.63) is 36.7 Å². The number of nitrogens with one attached hydrogen (secondary N) is 1. The van der Waals surface area contributed by atoms with Gasteiger partial charge in [0.1, 0.15) is 18.0 Å². The summed E-state index contributed by atoms with van der Waals surface area (Å²) >= 11 is 0. The Balaban J connectivity index is 1.76. The van der Waals surface area contributed by atoms with Gasteiger partial charge >= 0.3 is 0 Å². The Morgan fingerprint density at radius 2 is 1.92 bits per heavy atom. The molecule has 1 atom stereocenters. The Kier molecular flexibility index (Phi) is 5.31. The van der Waals surface area contributed by atoms with E-state index in [0.29, 0.717) is 18.8 Å². The van der Waals surface area contributed by atoms with Crippen molar-refractivity contribution >= 4 is 32.8 Å². The molecule has 1 aromatic heterocycles. The number of nitrogens with zero attached hydrogens (tertiary/aromatic N) is 4. The third-order valence-corrected chi connectivity index (χ3v) is 6.34. The second kappa shape index (κ2) is 7.49. The van der Waals surface area contributed by atoms with E-state index in [2.05, 4.69) is 15.3 Å². The summed E-state index contributed by atoms with van der Waals surface area (Å²) in [5, 5.41) is 3.28. The summed E-state index contributed by atoms with van der Waals surface area (Å²) in [4.78, 5) is 12.7. The van der Waals surface area contributed by atoms with E-state index in [1.165, 1.54) is 6.33 Å². The number of hydrogen-bond acceptors (Lipinski definition) is 7. The lowest BCUT2D eigenvalue weighted by atomic mass is 10.2. The second-order valence-corrected chi connectivity index (χ2v) is 8.90. The molecule has 8 heteroatoms. The maximum atomic E-state index is 11.8. The molecule has 1 aliphatic rings. The maximum Gasteiger partial charge on any atom is 0.152 e. The lowest BCUT2D eigenvalue weighted by Gasteiger charge is -2.28. The quantitative estimate of drug-likeness (QED) is 0.830. The van der Waals surface area contributed by atoms with E-state index in [9.17, 15) is 8.42 Å². The Morgan fingerprint density at radius 3 is 2.50 bits per heavy atom. The maximum absolute atomic E-state index is 11.8. The zero-order valence-electron chi connectivity index (χ0n) is 15.4. The van der Waals surface area contributed by atoms with Crippen molar-refractivity contribution in [3.8, 4) is 0 Å². The van der Waals surface area contributed by atoms with E-state index < -0.39 is 9.84 Å². The minimum Gasteiger partial charge on any atom is -0.378 e. The molecule has 7 nitrogen and oxygen atoms in total. The third kappa shape index (κ3) is 4.24. The van der Waals surface area contributed by atoms with Gasteiger partial charge < -0.3 is 15.1 Å². The summed E-state index contributed by atoms with van der Waals surface area (Å²) in [5.41, 5.74) is 2.06. The molecule has 1 aromatic carbocycles. The van der Waals surface area contributed by atoms with Crippen LogP contribution < -0.4 is 15.1 Å². The molecule has 0 amide bonds. The largest absolute Gasteiger partial charge is 0.378 e. The summed E-state index contributed by atoms with van der Waals surface area (Å²) in [5.74, 6) is 1.88. The lowest BCUT2D eigenvalue weighted by Crippen LogP contribution is -2.36. The molecule has 1 N–H and O–H groups in total. The van der Waals surface area contributed by atoms with Crippen molar-refractivity contribution in [1.29, 1.82) is 0 Å². The molecular weight excluding hydrogens is 350 g/mol. The Hall–Kier alpha value is -2.35. The molecule has 140 valence electrons. The Bertz CT molecular complexity index is 852. The molecule has 3 rings (SSSR count). The number of rotatable bonds is 6. The standard InChI is InChI=1S/C18H25N5O2S/c1-4-23(16-9-10-26(24,25)12-16)18-11-17(19-13-20-18)21-14-5-7-15(8-6-14)22(2)3/h5-8,11,13,16H,4,9-10,12H2,1-3H3,(H,19,20,21). The van der Waals surface area contributed by atoms with Gasteiger partial charge in [0.25, 0.3) is 0 Å². The molecule has 2 aromatic rings. The molecule has 26 heavy (non-hydrogen) atoms. The molecule has 0 spiro atoms. The van der Waals surface area contributed by atoms with Crippen LogP contribution in [0, 0.1) is 0 Å². The van der Waals surface area contributed by atoms with Crippen molar-refractivity contribution in [3.63, 3.8) is 0 Å². The number of sulfone groups is 1. The molecule has 2 heterocycles. The van der Waals surface area contributed by atoms with Crippen LogP contribution in [-0.2, 0) is 9.84 Å². The van der Waals surface area contributed by atoms with Crippen molar-refractivity contribution in [2.24, 2.45) is 0 Å². The minimum atomic E-state index is -2.93. The van der Waals surface area contributed by atoms with Crippen LogP contribution in [0.2, 0.25) is 0 Å². The van der Waals surface area contributed by atoms with Crippen molar-refractivity contribution in [2.75, 3.05) is 47.3 Å². The normalized spacial score (nSPS) is 18.5. The molecule has 0 bridgehead atoms. The molecule has 1 unspecified atom stereocenters. The SMILES string of the molecule is CCN(c1cc(Nc2ccc(N(C)C)cc2)ncn1)C1CCS(=O)(=O)C1. The monoisotopic (exact) mass is 375 g/mol. The van der Waals surface area contributed by atoms with Crippen LogP contribution in [0.3, 0.4) is 0 Å². The van der Waals surface area contributed by atoms with E-state index in [1.807, 2.05) is 61.2 Å². The van der Waals surface area contributed by atoms with Crippen molar-refractivity contribution in [1.82, 2.24) is 9.97 Å². The average Bonchev–Trinajstić information content (AvgIpc) is 2.96. The van der Waals surface area contributed by atoms with Crippen LogP contribution in [-0.4, -0.2) is 56.6 Å². The van der Waals surface area contributed by atoms with E-state index in [-0.39, 0.29) is 17.5 Å². The predicted octanol–water partition coefficient (Wildman–Crippen LogP) is 2.30. The number of hydrogen-bond donors (Lipinski definition) is 1. The van der Waals surface area contributed by atoms with Gasteiger partial charge in [-0.25, -0.2) is 18.4 Å². The summed E-state index contributed by atoms with van der Waals surface area (Å²) in [6.45, 7) is 2.72. The first-order valence-corrected chi connectivity index (χ1v) is 10.5. The summed E-state index contributed by atoms with van der Waals surface area (Å²) in [6, 6.07) is 9.91. The van der Waals surface area contributed by atoms with Crippen molar-refractivity contribution < 1.29 is 8.42 Å². The zero-order chi connectivity index (χ0) is 18.7. The first-order valence-electron chi connectivity index (χ1n) is 8.71. The summed E-state index contributed by atoms with van der Waals surface area (Å²) in [6.07, 6.45) is 2.16. The number of benzene rings is 1. The number of aromatic nitrogens is 2. The van der Waals surface area contributed by atoms with Crippen molar-refractivity contribution in [2.45, 2.75) is 19.4 Å². The first-order chi connectivity index (χ1) is 12.4. The van der Waals surface area contributed by atoms with Crippen LogP contribution in [0.25, 0.3) is 0 Å². The molecule has 1 saturated heterocycles. The fraction of sp³-hybridized carbons (Fsp3) is 0.444. The smallest absolute Gasteiger partial charge is 0.152 e. The van der Waals surface area contributed by atoms with Gasteiger partial charge in [-0.3, -0.25) is 0 Å². The van der Waals surface area contributed by atoms with Gasteiger partial charge in [0.05, 0.1) is 11.5 Å². The van der Waals surface area contributed by atoms with Gasteiger partial charge in [-0.15, -0.1) is 0 Å².